The summed E-state index contributed by atoms with van der Waals surface area (Å²) >= 11 is 3.38. The van der Waals surface area contributed by atoms with E-state index in [4.69, 9.17) is 9.47 Å². The highest BCUT2D eigenvalue weighted by molar-refractivity contribution is 9.10. The van der Waals surface area contributed by atoms with Crippen molar-refractivity contribution >= 4 is 45.5 Å². The van der Waals surface area contributed by atoms with Gasteiger partial charge < -0.3 is 9.47 Å². The van der Waals surface area contributed by atoms with Gasteiger partial charge in [-0.3, -0.25) is 14.9 Å². The number of halogens is 3. The number of nitrogens with zero attached hydrogens (tertiary/aromatic N) is 1. The molecule has 35 heavy (non-hydrogen) atoms. The number of anilines is 1. The molecule has 0 radical (unpaired) electrons. The molecule has 0 saturated carbocycles. The van der Waals surface area contributed by atoms with Crippen LogP contribution in [0.5, 0.6) is 11.5 Å². The summed E-state index contributed by atoms with van der Waals surface area (Å²) in [7, 11) is 1.41. The number of benzene rings is 3. The fourth-order valence-corrected chi connectivity index (χ4v) is 3.78. The number of rotatable bonds is 6. The van der Waals surface area contributed by atoms with E-state index >= 15 is 0 Å². The van der Waals surface area contributed by atoms with Crippen molar-refractivity contribution in [1.29, 1.82) is 0 Å². The van der Waals surface area contributed by atoms with Gasteiger partial charge in [-0.2, -0.15) is 0 Å². The van der Waals surface area contributed by atoms with Gasteiger partial charge in [0.05, 0.1) is 12.8 Å². The Morgan fingerprint density at radius 3 is 2.40 bits per heavy atom. The second kappa shape index (κ2) is 10.1. The maximum absolute atomic E-state index is 13.9. The van der Waals surface area contributed by atoms with Crippen molar-refractivity contribution < 1.29 is 32.6 Å². The molecule has 0 aliphatic carbocycles. The van der Waals surface area contributed by atoms with Crippen molar-refractivity contribution in [3.05, 3.63) is 93.5 Å². The first-order valence-electron chi connectivity index (χ1n) is 10.2. The third kappa shape index (κ3) is 5.07. The molecule has 0 bridgehead atoms. The van der Waals surface area contributed by atoms with E-state index < -0.39 is 29.5 Å². The van der Waals surface area contributed by atoms with Crippen LogP contribution in [0.2, 0.25) is 0 Å². The lowest BCUT2D eigenvalue weighted by atomic mass is 10.1. The molecular weight excluding hydrogens is 526 g/mol. The van der Waals surface area contributed by atoms with E-state index in [9.17, 15) is 23.2 Å². The summed E-state index contributed by atoms with van der Waals surface area (Å²) in [4.78, 5) is 38.5. The molecule has 3 aromatic rings. The minimum Gasteiger partial charge on any atom is -0.493 e. The maximum atomic E-state index is 13.9. The second-order valence-corrected chi connectivity index (χ2v) is 8.19. The third-order valence-electron chi connectivity index (χ3n) is 5.11. The molecule has 0 atom stereocenters. The van der Waals surface area contributed by atoms with Crippen LogP contribution in [0.1, 0.15) is 11.1 Å². The zero-order chi connectivity index (χ0) is 25.1. The molecule has 10 heteroatoms. The minimum atomic E-state index is -0.947. The van der Waals surface area contributed by atoms with Crippen molar-refractivity contribution in [2.24, 2.45) is 0 Å². The first-order chi connectivity index (χ1) is 16.8. The standard InChI is InChI=1S/C25H17BrF2N2O5/c1-34-21-11-15(19(26)12-22(21)35-13-14-4-2-3-5-20(14)28)10-18-23(31)29-25(33)30(24(18)32)17-8-6-16(27)7-9-17/h2-12H,13H2,1H3,(H,29,31,33)/b18-10+. The molecule has 7 nitrogen and oxygen atoms in total. The number of urea groups is 1. The van der Waals surface area contributed by atoms with Gasteiger partial charge in [-0.15, -0.1) is 0 Å². The van der Waals surface area contributed by atoms with Gasteiger partial charge in [-0.05, 0) is 54.1 Å². The van der Waals surface area contributed by atoms with Crippen LogP contribution in [0.15, 0.2) is 70.7 Å². The van der Waals surface area contributed by atoms with Crippen molar-refractivity contribution in [1.82, 2.24) is 5.32 Å². The lowest BCUT2D eigenvalue weighted by Gasteiger charge is -2.26. The van der Waals surface area contributed by atoms with Crippen LogP contribution in [-0.4, -0.2) is 25.0 Å². The number of methoxy groups -OCH3 is 1. The van der Waals surface area contributed by atoms with Crippen molar-refractivity contribution in [3.8, 4) is 11.5 Å². The molecule has 0 unspecified atom stereocenters. The van der Waals surface area contributed by atoms with E-state index in [0.29, 0.717) is 21.3 Å². The molecule has 1 saturated heterocycles. The summed E-state index contributed by atoms with van der Waals surface area (Å²) in [5, 5.41) is 2.10. The Labute approximate surface area is 207 Å². The summed E-state index contributed by atoms with van der Waals surface area (Å²) in [6, 6.07) is 13.0. The van der Waals surface area contributed by atoms with Crippen LogP contribution in [0.4, 0.5) is 19.3 Å². The highest BCUT2D eigenvalue weighted by Crippen LogP contribution is 2.36. The number of amides is 4. The second-order valence-electron chi connectivity index (χ2n) is 7.34. The molecule has 1 heterocycles. The lowest BCUT2D eigenvalue weighted by molar-refractivity contribution is -0.122. The number of hydrogen-bond acceptors (Lipinski definition) is 5. The summed E-state index contributed by atoms with van der Waals surface area (Å²) in [5.41, 5.74) is 0.511. The molecule has 1 aliphatic rings. The van der Waals surface area contributed by atoms with Gasteiger partial charge in [0.15, 0.2) is 11.5 Å². The summed E-state index contributed by atoms with van der Waals surface area (Å²) in [6.07, 6.45) is 1.29. The number of carbonyl (C=O) groups is 3. The first kappa shape index (κ1) is 24.1. The summed E-state index contributed by atoms with van der Waals surface area (Å²) < 4.78 is 38.7. The SMILES string of the molecule is COc1cc(/C=C2\C(=O)NC(=O)N(c3ccc(F)cc3)C2=O)c(Br)cc1OCc1ccccc1F. The number of nitrogens with one attached hydrogen (secondary N) is 1. The van der Waals surface area contributed by atoms with Crippen LogP contribution in [-0.2, 0) is 16.2 Å². The third-order valence-corrected chi connectivity index (χ3v) is 5.80. The summed E-state index contributed by atoms with van der Waals surface area (Å²) in [6.45, 7) is -0.0501. The molecule has 0 spiro atoms. The smallest absolute Gasteiger partial charge is 0.335 e. The molecule has 4 amide bonds. The zero-order valence-electron chi connectivity index (χ0n) is 18.2. The monoisotopic (exact) mass is 542 g/mol. The quantitative estimate of drug-likeness (QED) is 0.350. The van der Waals surface area contributed by atoms with Gasteiger partial charge in [0.25, 0.3) is 11.8 Å². The van der Waals surface area contributed by atoms with E-state index in [-0.39, 0.29) is 23.6 Å². The predicted octanol–water partition coefficient (Wildman–Crippen LogP) is 4.98. The van der Waals surface area contributed by atoms with Gasteiger partial charge in [-0.1, -0.05) is 34.1 Å². The van der Waals surface area contributed by atoms with Gasteiger partial charge in [0.1, 0.15) is 23.8 Å². The van der Waals surface area contributed by atoms with Crippen LogP contribution >= 0.6 is 15.9 Å². The fraction of sp³-hybridized carbons (Fsp3) is 0.0800. The van der Waals surface area contributed by atoms with E-state index in [0.717, 1.165) is 17.0 Å². The number of hydrogen-bond donors (Lipinski definition) is 1. The number of ether oxygens (including phenoxy) is 2. The Kier molecular flexibility index (Phi) is 6.92. The van der Waals surface area contributed by atoms with Crippen LogP contribution < -0.4 is 19.7 Å². The zero-order valence-corrected chi connectivity index (χ0v) is 19.8. The number of imide groups is 2. The van der Waals surface area contributed by atoms with E-state index in [1.165, 1.54) is 37.5 Å². The fourth-order valence-electron chi connectivity index (χ4n) is 3.34. The number of carbonyl (C=O) groups excluding carboxylic acids is 3. The van der Waals surface area contributed by atoms with Gasteiger partial charge >= 0.3 is 6.03 Å². The van der Waals surface area contributed by atoms with Crippen molar-refractivity contribution in [3.63, 3.8) is 0 Å². The average molecular weight is 543 g/mol. The van der Waals surface area contributed by atoms with E-state index in [1.54, 1.807) is 24.3 Å². The predicted molar refractivity (Wildman–Crippen MR) is 127 cm³/mol. The van der Waals surface area contributed by atoms with Gasteiger partial charge in [0, 0.05) is 10.0 Å². The summed E-state index contributed by atoms with van der Waals surface area (Å²) in [5.74, 6) is -2.15. The van der Waals surface area contributed by atoms with E-state index in [2.05, 4.69) is 21.2 Å². The lowest BCUT2D eigenvalue weighted by Crippen LogP contribution is -2.54. The largest absolute Gasteiger partial charge is 0.493 e. The number of barbiturate groups is 1. The normalized spacial score (nSPS) is 14.8. The molecule has 1 aliphatic heterocycles. The topological polar surface area (TPSA) is 84.9 Å². The van der Waals surface area contributed by atoms with Crippen LogP contribution in [0.3, 0.4) is 0 Å². The van der Waals surface area contributed by atoms with E-state index in [1.807, 2.05) is 0 Å². The molecule has 1 N–H and O–H groups in total. The first-order valence-corrected chi connectivity index (χ1v) is 11.0. The van der Waals surface area contributed by atoms with Crippen molar-refractivity contribution in [2.45, 2.75) is 6.61 Å². The molecule has 3 aromatic carbocycles. The maximum Gasteiger partial charge on any atom is 0.335 e. The van der Waals surface area contributed by atoms with Crippen molar-refractivity contribution in [2.75, 3.05) is 12.0 Å². The van der Waals surface area contributed by atoms with Crippen LogP contribution in [0, 0.1) is 11.6 Å². The molecule has 4 rings (SSSR count). The average Bonchev–Trinajstić information content (AvgIpc) is 2.83. The molecule has 1 fully saturated rings. The Morgan fingerprint density at radius 1 is 1.00 bits per heavy atom. The minimum absolute atomic E-state index is 0.0501. The van der Waals surface area contributed by atoms with Gasteiger partial charge in [-0.25, -0.2) is 18.5 Å². The Hall–Kier alpha value is -4.05. The molecule has 0 aromatic heterocycles. The van der Waals surface area contributed by atoms with Gasteiger partial charge in [0.2, 0.25) is 0 Å². The Balaban J connectivity index is 1.65. The van der Waals surface area contributed by atoms with Crippen LogP contribution in [0.25, 0.3) is 6.08 Å². The molecular formula is C25H17BrF2N2O5. The Bertz CT molecular complexity index is 1360. The molecule has 178 valence electrons. The highest BCUT2D eigenvalue weighted by Gasteiger charge is 2.37. The Morgan fingerprint density at radius 2 is 1.71 bits per heavy atom. The highest BCUT2D eigenvalue weighted by atomic mass is 79.9.